The quantitative estimate of drug-likeness (QED) is 0.225. The summed E-state index contributed by atoms with van der Waals surface area (Å²) in [7, 11) is 1.38. The van der Waals surface area contributed by atoms with Gasteiger partial charge in [-0.05, 0) is 54.6 Å². The lowest BCUT2D eigenvalue weighted by Crippen LogP contribution is -2.29. The molecule has 0 unspecified atom stereocenters. The smallest absolute Gasteiger partial charge is 0.378 e. The van der Waals surface area contributed by atoms with E-state index >= 15 is 0 Å². The third-order valence-electron chi connectivity index (χ3n) is 6.08. The van der Waals surface area contributed by atoms with Gasteiger partial charge in [0.2, 0.25) is 11.2 Å². The van der Waals surface area contributed by atoms with Crippen LogP contribution < -0.4 is 4.40 Å². The molecule has 0 saturated heterocycles. The van der Waals surface area contributed by atoms with Gasteiger partial charge in [0, 0.05) is 32.4 Å². The normalized spacial score (nSPS) is 11.5. The number of nitrogens with zero attached hydrogens (tertiary/aromatic N) is 2. The minimum Gasteiger partial charge on any atom is -0.463 e. The number of para-hydroxylation sites is 1. The van der Waals surface area contributed by atoms with Crippen molar-refractivity contribution in [1.82, 2.24) is 9.55 Å². The van der Waals surface area contributed by atoms with Gasteiger partial charge in [-0.3, -0.25) is 0 Å². The number of fused-ring (bicyclic) bond motifs is 5. The van der Waals surface area contributed by atoms with E-state index in [9.17, 15) is 9.18 Å². The van der Waals surface area contributed by atoms with E-state index in [0.717, 1.165) is 48.7 Å². The van der Waals surface area contributed by atoms with Gasteiger partial charge in [0.15, 0.2) is 5.69 Å². The second kappa shape index (κ2) is 7.81. The third-order valence-corrected chi connectivity index (χ3v) is 6.61. The average molecular weight is 515 g/mol. The number of pyridine rings is 1. The molecule has 3 heterocycles. The molecule has 0 aliphatic heterocycles. The molecule has 7 heteroatoms. The van der Waals surface area contributed by atoms with Crippen LogP contribution in [0.3, 0.4) is 0 Å². The number of carbonyl (C=O) groups is 1. The van der Waals surface area contributed by atoms with Crippen LogP contribution in [-0.2, 0) is 4.74 Å². The lowest BCUT2D eigenvalue weighted by Gasteiger charge is -2.04. The fourth-order valence-electron chi connectivity index (χ4n) is 4.53. The minimum absolute atomic E-state index is 0.313. The van der Waals surface area contributed by atoms with Gasteiger partial charge in [-0.2, -0.15) is 8.97 Å². The number of rotatable bonds is 3. The number of H-pyrrole nitrogens is 1. The molecule has 3 aromatic carbocycles. The van der Waals surface area contributed by atoms with Crippen molar-refractivity contribution in [3.63, 3.8) is 0 Å². The van der Waals surface area contributed by atoms with E-state index in [1.807, 2.05) is 69.9 Å². The molecule has 0 amide bonds. The van der Waals surface area contributed by atoms with Crippen molar-refractivity contribution in [3.05, 3.63) is 101 Å². The number of aromatic nitrogens is 3. The van der Waals surface area contributed by atoms with E-state index in [2.05, 4.69) is 20.9 Å². The second-order valence-corrected chi connectivity index (χ2v) is 8.93. The number of imidazole rings is 1. The molecular weight excluding hydrogens is 497 g/mol. The van der Waals surface area contributed by atoms with Crippen LogP contribution in [0.4, 0.5) is 4.39 Å². The van der Waals surface area contributed by atoms with Crippen molar-refractivity contribution in [3.8, 4) is 16.9 Å². The van der Waals surface area contributed by atoms with E-state index in [1.54, 1.807) is 12.1 Å². The summed E-state index contributed by atoms with van der Waals surface area (Å²) in [5, 5.41) is 1.94. The van der Waals surface area contributed by atoms with Crippen molar-refractivity contribution in [1.29, 1.82) is 0 Å². The Balaban J connectivity index is 1.83. The highest BCUT2D eigenvalue weighted by Crippen LogP contribution is 2.35. The third kappa shape index (κ3) is 3.12. The Kier molecular flexibility index (Phi) is 4.74. The fourth-order valence-corrected chi connectivity index (χ4v) is 4.79. The minimum atomic E-state index is -0.444. The first kappa shape index (κ1) is 20.6. The van der Waals surface area contributed by atoms with Gasteiger partial charge in [-0.25, -0.2) is 9.18 Å². The predicted octanol–water partition coefficient (Wildman–Crippen LogP) is 6.21. The monoisotopic (exact) mass is 514 g/mol. The molecule has 0 bridgehead atoms. The number of aromatic amines is 1. The lowest BCUT2D eigenvalue weighted by molar-refractivity contribution is -0.514. The van der Waals surface area contributed by atoms with Crippen molar-refractivity contribution in [2.45, 2.75) is 0 Å². The van der Waals surface area contributed by atoms with Crippen LogP contribution in [0.2, 0.25) is 0 Å². The predicted molar refractivity (Wildman–Crippen MR) is 133 cm³/mol. The summed E-state index contributed by atoms with van der Waals surface area (Å²) in [4.78, 5) is 16.4. The number of methoxy groups -OCH3 is 1. The first-order valence-corrected chi connectivity index (χ1v) is 11.4. The van der Waals surface area contributed by atoms with E-state index in [1.165, 1.54) is 19.2 Å². The van der Waals surface area contributed by atoms with E-state index in [0.29, 0.717) is 5.69 Å². The highest BCUT2D eigenvalue weighted by atomic mass is 79.9. The number of hydrogen-bond donors (Lipinski definition) is 1. The van der Waals surface area contributed by atoms with Crippen molar-refractivity contribution < 1.29 is 18.3 Å². The van der Waals surface area contributed by atoms with Gasteiger partial charge < -0.3 is 9.72 Å². The largest absolute Gasteiger partial charge is 0.463 e. The van der Waals surface area contributed by atoms with Crippen LogP contribution in [0.5, 0.6) is 0 Å². The highest BCUT2D eigenvalue weighted by molar-refractivity contribution is 9.10. The van der Waals surface area contributed by atoms with Gasteiger partial charge >= 0.3 is 5.97 Å². The van der Waals surface area contributed by atoms with Crippen molar-refractivity contribution in [2.75, 3.05) is 7.11 Å². The Morgan fingerprint density at radius 1 is 1.00 bits per heavy atom. The summed E-state index contributed by atoms with van der Waals surface area (Å²) in [6.07, 6.45) is 1.84. The zero-order valence-electron chi connectivity index (χ0n) is 18.0. The molecule has 34 heavy (non-hydrogen) atoms. The van der Waals surface area contributed by atoms with Gasteiger partial charge in [-0.1, -0.05) is 34.1 Å². The maximum atomic E-state index is 13.7. The topological polar surface area (TPSA) is 51.1 Å². The molecule has 3 aromatic heterocycles. The first-order chi connectivity index (χ1) is 16.5. The van der Waals surface area contributed by atoms with E-state index in [4.69, 9.17) is 4.74 Å². The van der Waals surface area contributed by atoms with Gasteiger partial charge in [0.05, 0.1) is 12.6 Å². The molecule has 0 fully saturated rings. The van der Waals surface area contributed by atoms with Gasteiger partial charge in [0.1, 0.15) is 11.5 Å². The maximum Gasteiger partial charge on any atom is 0.378 e. The number of carbonyl (C=O) groups excluding carboxylic acids is 1. The van der Waals surface area contributed by atoms with Crippen LogP contribution in [0.15, 0.2) is 89.7 Å². The van der Waals surface area contributed by atoms with Crippen LogP contribution >= 0.6 is 15.9 Å². The molecule has 6 aromatic rings. The molecule has 166 valence electrons. The number of benzene rings is 3. The summed E-state index contributed by atoms with van der Waals surface area (Å²) < 4.78 is 23.6. The van der Waals surface area contributed by atoms with Crippen molar-refractivity contribution >= 4 is 49.2 Å². The maximum absolute atomic E-state index is 13.7. The first-order valence-electron chi connectivity index (χ1n) is 10.7. The van der Waals surface area contributed by atoms with E-state index < -0.39 is 5.97 Å². The Hall–Kier alpha value is -3.97. The standard InChI is InChI=1S/C27H17BrFN3O2/c1-34-27(33)23-14-21-20-4-2-3-5-22(20)30-24(21)26-25(16-6-8-17(28)9-7-16)31(15-32(23)26)19-12-10-18(29)11-13-19/h2-15H,1H3/p+1. The molecule has 0 aliphatic rings. The molecule has 0 atom stereocenters. The molecule has 5 nitrogen and oxygen atoms in total. The van der Waals surface area contributed by atoms with E-state index in [-0.39, 0.29) is 5.82 Å². The molecule has 0 aliphatic carbocycles. The summed E-state index contributed by atoms with van der Waals surface area (Å²) >= 11 is 3.51. The average Bonchev–Trinajstić information content (AvgIpc) is 3.43. The lowest BCUT2D eigenvalue weighted by atomic mass is 10.1. The second-order valence-electron chi connectivity index (χ2n) is 8.02. The number of esters is 1. The van der Waals surface area contributed by atoms with Crippen molar-refractivity contribution in [2.24, 2.45) is 0 Å². The fraction of sp³-hybridized carbons (Fsp3) is 0.0370. The molecule has 0 saturated carbocycles. The highest BCUT2D eigenvalue weighted by Gasteiger charge is 2.29. The molecule has 0 radical (unpaired) electrons. The SMILES string of the molecule is COC(=O)c1cc2c3ccccc3[nH]c2c2c(-c3ccc(Br)cc3)n(-c3ccc(F)cc3)c[n+]12. The summed E-state index contributed by atoms with van der Waals surface area (Å²) in [5.41, 5.74) is 5.65. The molecule has 6 rings (SSSR count). The van der Waals surface area contributed by atoms with Crippen LogP contribution in [0.25, 0.3) is 44.3 Å². The van der Waals surface area contributed by atoms with Crippen LogP contribution in [0, 0.1) is 5.82 Å². The summed E-state index contributed by atoms with van der Waals surface area (Å²) in [6.45, 7) is 0. The van der Waals surface area contributed by atoms with Crippen LogP contribution in [-0.4, -0.2) is 22.6 Å². The zero-order valence-corrected chi connectivity index (χ0v) is 19.6. The molecule has 0 spiro atoms. The number of hydrogen-bond acceptors (Lipinski definition) is 2. The Labute approximate surface area is 202 Å². The summed E-state index contributed by atoms with van der Waals surface area (Å²) in [5.74, 6) is -0.757. The molecule has 1 N–H and O–H groups in total. The Bertz CT molecular complexity index is 1720. The number of halogens is 2. The summed E-state index contributed by atoms with van der Waals surface area (Å²) in [6, 6.07) is 24.1. The van der Waals surface area contributed by atoms with Gasteiger partial charge in [-0.15, -0.1) is 0 Å². The molecular formula is C27H18BrFN3O2+. The number of nitrogens with one attached hydrogen (secondary N) is 1. The Morgan fingerprint density at radius 3 is 2.47 bits per heavy atom. The Morgan fingerprint density at radius 2 is 1.74 bits per heavy atom. The van der Waals surface area contributed by atoms with Gasteiger partial charge in [0.25, 0.3) is 6.33 Å². The zero-order chi connectivity index (χ0) is 23.4. The number of ether oxygens (including phenoxy) is 1. The van der Waals surface area contributed by atoms with Crippen LogP contribution in [0.1, 0.15) is 10.5 Å².